The normalized spacial score (nSPS) is 15.3. The van der Waals surface area contributed by atoms with Crippen LogP contribution in [0.25, 0.3) is 0 Å². The van der Waals surface area contributed by atoms with Crippen LogP contribution in [0.3, 0.4) is 0 Å². The summed E-state index contributed by atoms with van der Waals surface area (Å²) >= 11 is 0. The van der Waals surface area contributed by atoms with Gasteiger partial charge in [0, 0.05) is 16.8 Å². The molecule has 1 aromatic heterocycles. The van der Waals surface area contributed by atoms with E-state index in [4.69, 9.17) is 15.4 Å². The van der Waals surface area contributed by atoms with Crippen molar-refractivity contribution in [2.24, 2.45) is 10.9 Å². The van der Waals surface area contributed by atoms with Crippen molar-refractivity contribution in [3.05, 3.63) is 58.9 Å². The fourth-order valence-corrected chi connectivity index (χ4v) is 3.80. The van der Waals surface area contributed by atoms with Gasteiger partial charge in [0.2, 0.25) is 0 Å². The molecule has 0 aliphatic heterocycles. The van der Waals surface area contributed by atoms with Gasteiger partial charge in [-0.25, -0.2) is 4.98 Å². The van der Waals surface area contributed by atoms with E-state index in [-0.39, 0.29) is 16.8 Å². The van der Waals surface area contributed by atoms with Gasteiger partial charge in [0.1, 0.15) is 0 Å². The Bertz CT molecular complexity index is 800. The Morgan fingerprint density at radius 2 is 1.59 bits per heavy atom. The van der Waals surface area contributed by atoms with Crippen LogP contribution in [0.2, 0.25) is 0 Å². The van der Waals surface area contributed by atoms with E-state index in [9.17, 15) is 0 Å². The first kappa shape index (κ1) is 21.5. The summed E-state index contributed by atoms with van der Waals surface area (Å²) in [5.74, 6) is 0.658. The Labute approximate surface area is 173 Å². The molecule has 0 bridgehead atoms. The standard InChI is InChI=1S/C23H29N3.Co/c1-16-9-7-10-17(2)23(16)25-18(3)21-13-8-14-22(26-21)20(24)15-19-11-5-4-6-12-19;/h7-10,13-14,19,24H,4-6,11-12,15H2,1-3H3;. The monoisotopic (exact) mass is 406 g/mol. The Morgan fingerprint density at radius 3 is 2.26 bits per heavy atom. The summed E-state index contributed by atoms with van der Waals surface area (Å²) in [5, 5.41) is 8.49. The fraction of sp³-hybridized carbons (Fsp3) is 0.435. The molecule has 1 N–H and O–H groups in total. The molecule has 145 valence electrons. The topological polar surface area (TPSA) is 49.1 Å². The number of hydrogen-bond donors (Lipinski definition) is 1. The number of hydrogen-bond acceptors (Lipinski definition) is 3. The zero-order valence-electron chi connectivity index (χ0n) is 16.5. The minimum atomic E-state index is 0. The van der Waals surface area contributed by atoms with E-state index in [0.29, 0.717) is 11.6 Å². The first-order chi connectivity index (χ1) is 12.5. The second kappa shape index (κ2) is 9.95. The van der Waals surface area contributed by atoms with E-state index in [0.717, 1.165) is 29.2 Å². The summed E-state index contributed by atoms with van der Waals surface area (Å²) in [6.45, 7) is 6.17. The molecule has 4 heteroatoms. The number of para-hydroxylation sites is 1. The molecule has 3 nitrogen and oxygen atoms in total. The molecule has 1 heterocycles. The Hall–Kier alpha value is -1.78. The summed E-state index contributed by atoms with van der Waals surface area (Å²) in [5.41, 5.74) is 6.58. The van der Waals surface area contributed by atoms with Gasteiger partial charge < -0.3 is 5.41 Å². The summed E-state index contributed by atoms with van der Waals surface area (Å²) in [7, 11) is 0. The Morgan fingerprint density at radius 1 is 1.00 bits per heavy atom. The number of pyridine rings is 1. The third-order valence-corrected chi connectivity index (χ3v) is 5.37. The maximum absolute atomic E-state index is 8.49. The summed E-state index contributed by atoms with van der Waals surface area (Å²) < 4.78 is 0. The molecule has 27 heavy (non-hydrogen) atoms. The van der Waals surface area contributed by atoms with Crippen molar-refractivity contribution in [3.63, 3.8) is 0 Å². The van der Waals surface area contributed by atoms with Crippen molar-refractivity contribution < 1.29 is 16.8 Å². The molecule has 1 fully saturated rings. The van der Waals surface area contributed by atoms with Gasteiger partial charge in [-0.05, 0) is 56.4 Å². The van der Waals surface area contributed by atoms with E-state index in [1.807, 2.05) is 25.1 Å². The molecule has 0 atom stereocenters. The van der Waals surface area contributed by atoms with E-state index >= 15 is 0 Å². The van der Waals surface area contributed by atoms with Crippen LogP contribution in [0.4, 0.5) is 5.69 Å². The van der Waals surface area contributed by atoms with E-state index in [1.54, 1.807) is 0 Å². The van der Waals surface area contributed by atoms with Gasteiger partial charge in [0.25, 0.3) is 0 Å². The van der Waals surface area contributed by atoms with Crippen molar-refractivity contribution in [1.82, 2.24) is 4.98 Å². The molecule has 1 aliphatic carbocycles. The third kappa shape index (κ3) is 5.60. The number of aryl methyl sites for hydroxylation is 2. The zero-order valence-corrected chi connectivity index (χ0v) is 17.6. The predicted molar refractivity (Wildman–Crippen MR) is 110 cm³/mol. The number of aliphatic imine (C=N–C) groups is 1. The smallest absolute Gasteiger partial charge is 0.0849 e. The van der Waals surface area contributed by atoms with Crippen molar-refractivity contribution >= 4 is 17.1 Å². The number of rotatable bonds is 5. The summed E-state index contributed by atoms with van der Waals surface area (Å²) in [4.78, 5) is 9.57. The molecule has 0 unspecified atom stereocenters. The molecule has 0 saturated heterocycles. The first-order valence-electron chi connectivity index (χ1n) is 9.71. The van der Waals surface area contributed by atoms with Crippen LogP contribution in [0, 0.1) is 25.2 Å². The van der Waals surface area contributed by atoms with Crippen LogP contribution in [-0.2, 0) is 16.8 Å². The maximum atomic E-state index is 8.49. The Kier molecular flexibility index (Phi) is 7.93. The Balaban J connectivity index is 0.00000261. The minimum absolute atomic E-state index is 0. The van der Waals surface area contributed by atoms with Gasteiger partial charge in [-0.2, -0.15) is 0 Å². The molecule has 1 radical (unpaired) electrons. The van der Waals surface area contributed by atoms with E-state index in [2.05, 4.69) is 32.0 Å². The SMILES string of the molecule is CC(=Nc1c(C)cccc1C)c1cccc(C(=N)CC2CCCCC2)n1.[Co]. The van der Waals surface area contributed by atoms with Gasteiger partial charge in [0.15, 0.2) is 0 Å². The van der Waals surface area contributed by atoms with Gasteiger partial charge in [-0.3, -0.25) is 4.99 Å². The zero-order chi connectivity index (χ0) is 18.5. The van der Waals surface area contributed by atoms with E-state index < -0.39 is 0 Å². The predicted octanol–water partition coefficient (Wildman–Crippen LogP) is 6.17. The van der Waals surface area contributed by atoms with Crippen molar-refractivity contribution in [2.45, 2.75) is 59.3 Å². The van der Waals surface area contributed by atoms with Crippen LogP contribution in [-0.4, -0.2) is 16.4 Å². The second-order valence-corrected chi connectivity index (χ2v) is 7.53. The number of nitrogens with one attached hydrogen (secondary N) is 1. The molecule has 3 rings (SSSR count). The minimum Gasteiger partial charge on any atom is -0.303 e. The van der Waals surface area contributed by atoms with Crippen LogP contribution >= 0.6 is 0 Å². The molecule has 1 saturated carbocycles. The number of aromatic nitrogens is 1. The van der Waals surface area contributed by atoms with Crippen molar-refractivity contribution in [3.8, 4) is 0 Å². The molecule has 0 amide bonds. The average molecular weight is 406 g/mol. The maximum Gasteiger partial charge on any atom is 0.0849 e. The van der Waals surface area contributed by atoms with Gasteiger partial charge in [-0.15, -0.1) is 0 Å². The largest absolute Gasteiger partial charge is 0.303 e. The van der Waals surface area contributed by atoms with Crippen molar-refractivity contribution in [1.29, 1.82) is 5.41 Å². The first-order valence-corrected chi connectivity index (χ1v) is 9.71. The molecule has 1 aliphatic rings. The second-order valence-electron chi connectivity index (χ2n) is 7.53. The molecule has 2 aromatic rings. The van der Waals surface area contributed by atoms with Gasteiger partial charge in [0.05, 0.1) is 28.5 Å². The summed E-state index contributed by atoms with van der Waals surface area (Å²) in [6, 6.07) is 12.2. The van der Waals surface area contributed by atoms with Crippen LogP contribution in [0.5, 0.6) is 0 Å². The molecular formula is C23H29CoN3. The van der Waals surface area contributed by atoms with Crippen LogP contribution < -0.4 is 0 Å². The molecule has 0 spiro atoms. The summed E-state index contributed by atoms with van der Waals surface area (Å²) in [6.07, 6.45) is 7.35. The third-order valence-electron chi connectivity index (χ3n) is 5.37. The van der Waals surface area contributed by atoms with E-state index in [1.165, 1.54) is 43.2 Å². The fourth-order valence-electron chi connectivity index (χ4n) is 3.80. The van der Waals surface area contributed by atoms with Crippen LogP contribution in [0.15, 0.2) is 41.4 Å². The van der Waals surface area contributed by atoms with Gasteiger partial charge in [-0.1, -0.05) is 56.4 Å². The number of nitrogens with zero attached hydrogens (tertiary/aromatic N) is 2. The molecular weight excluding hydrogens is 377 g/mol. The van der Waals surface area contributed by atoms with Crippen molar-refractivity contribution in [2.75, 3.05) is 0 Å². The average Bonchev–Trinajstić information content (AvgIpc) is 2.65. The van der Waals surface area contributed by atoms with Crippen LogP contribution in [0.1, 0.15) is 68.0 Å². The quantitative estimate of drug-likeness (QED) is 0.593. The molecule has 1 aromatic carbocycles. The number of benzene rings is 1. The van der Waals surface area contributed by atoms with Gasteiger partial charge >= 0.3 is 0 Å².